The van der Waals surface area contributed by atoms with E-state index in [1.165, 1.54) is 11.8 Å². The average Bonchev–Trinajstić information content (AvgIpc) is 3.01. The maximum Gasteiger partial charge on any atom is 0.234 e. The van der Waals surface area contributed by atoms with Gasteiger partial charge in [-0.2, -0.15) is 0 Å². The van der Waals surface area contributed by atoms with Crippen molar-refractivity contribution in [3.05, 3.63) is 42.0 Å². The topological polar surface area (TPSA) is 76.2 Å². The number of benzene rings is 2. The molecule has 2 aromatic carbocycles. The minimum atomic E-state index is -0.128. The van der Waals surface area contributed by atoms with Gasteiger partial charge >= 0.3 is 0 Å². The molecule has 1 heterocycles. The zero-order valence-corrected chi connectivity index (χ0v) is 15.1. The first-order chi connectivity index (χ1) is 12.1. The van der Waals surface area contributed by atoms with Crippen LogP contribution < -0.4 is 14.8 Å². The number of fused-ring (bicyclic) bond motifs is 1. The van der Waals surface area contributed by atoms with Gasteiger partial charge in [-0.25, -0.2) is 4.98 Å². The lowest BCUT2D eigenvalue weighted by Crippen LogP contribution is -2.14. The summed E-state index contributed by atoms with van der Waals surface area (Å²) in [6.07, 6.45) is 0. The Kier molecular flexibility index (Phi) is 5.14. The van der Waals surface area contributed by atoms with Crippen LogP contribution in [0.1, 0.15) is 5.56 Å². The van der Waals surface area contributed by atoms with Crippen LogP contribution in [0.5, 0.6) is 11.5 Å². The van der Waals surface area contributed by atoms with Crippen LogP contribution >= 0.6 is 11.8 Å². The SMILES string of the molecule is COc1cc(NC(=O)CSc2nc3ccc(C)cc3[nH]2)cc(OC)c1. The zero-order chi connectivity index (χ0) is 17.8. The number of hydrogen-bond acceptors (Lipinski definition) is 5. The number of anilines is 1. The Hall–Kier alpha value is -2.67. The fourth-order valence-electron chi connectivity index (χ4n) is 2.38. The molecule has 0 fully saturated rings. The molecule has 7 heteroatoms. The lowest BCUT2D eigenvalue weighted by molar-refractivity contribution is -0.113. The molecule has 0 unspecified atom stereocenters. The monoisotopic (exact) mass is 357 g/mol. The molecule has 0 aliphatic carbocycles. The van der Waals surface area contributed by atoms with Gasteiger partial charge in [0.2, 0.25) is 5.91 Å². The summed E-state index contributed by atoms with van der Waals surface area (Å²) in [5, 5.41) is 3.56. The summed E-state index contributed by atoms with van der Waals surface area (Å²) in [6, 6.07) is 11.3. The van der Waals surface area contributed by atoms with E-state index < -0.39 is 0 Å². The quantitative estimate of drug-likeness (QED) is 0.659. The zero-order valence-electron chi connectivity index (χ0n) is 14.3. The van der Waals surface area contributed by atoms with Crippen LogP contribution in [0.2, 0.25) is 0 Å². The third-order valence-electron chi connectivity index (χ3n) is 3.59. The Morgan fingerprint density at radius 3 is 2.56 bits per heavy atom. The number of aromatic nitrogens is 2. The van der Waals surface area contributed by atoms with E-state index in [2.05, 4.69) is 15.3 Å². The summed E-state index contributed by atoms with van der Waals surface area (Å²) in [7, 11) is 3.14. The number of nitrogens with zero attached hydrogens (tertiary/aromatic N) is 1. The van der Waals surface area contributed by atoms with Crippen LogP contribution in [0.15, 0.2) is 41.6 Å². The highest BCUT2D eigenvalue weighted by atomic mass is 32.2. The molecule has 0 aliphatic heterocycles. The predicted octanol–water partition coefficient (Wildman–Crippen LogP) is 3.62. The number of carbonyl (C=O) groups is 1. The van der Waals surface area contributed by atoms with Gasteiger partial charge in [-0.1, -0.05) is 17.8 Å². The van der Waals surface area contributed by atoms with Crippen LogP contribution in [-0.2, 0) is 4.79 Å². The summed E-state index contributed by atoms with van der Waals surface area (Å²) in [5.74, 6) is 1.36. The summed E-state index contributed by atoms with van der Waals surface area (Å²) >= 11 is 1.36. The summed E-state index contributed by atoms with van der Waals surface area (Å²) in [4.78, 5) is 19.9. The molecule has 0 aliphatic rings. The standard InChI is InChI=1S/C18H19N3O3S/c1-11-4-5-15-16(6-11)21-18(20-15)25-10-17(22)19-12-7-13(23-2)9-14(8-12)24-3/h4-9H,10H2,1-3H3,(H,19,22)(H,20,21). The maximum absolute atomic E-state index is 12.2. The molecule has 1 amide bonds. The van der Waals surface area contributed by atoms with Crippen molar-refractivity contribution in [1.29, 1.82) is 0 Å². The van der Waals surface area contributed by atoms with Crippen LogP contribution in [0.4, 0.5) is 5.69 Å². The highest BCUT2D eigenvalue weighted by Crippen LogP contribution is 2.26. The minimum Gasteiger partial charge on any atom is -0.497 e. The normalized spacial score (nSPS) is 10.7. The molecule has 0 spiro atoms. The number of amides is 1. The number of nitrogens with one attached hydrogen (secondary N) is 2. The molecule has 2 N–H and O–H groups in total. The van der Waals surface area contributed by atoms with E-state index in [4.69, 9.17) is 9.47 Å². The van der Waals surface area contributed by atoms with Gasteiger partial charge in [0, 0.05) is 23.9 Å². The van der Waals surface area contributed by atoms with E-state index in [1.807, 2.05) is 25.1 Å². The molecular formula is C18H19N3O3S. The number of thioether (sulfide) groups is 1. The molecule has 6 nitrogen and oxygen atoms in total. The number of methoxy groups -OCH3 is 2. The first-order valence-electron chi connectivity index (χ1n) is 7.69. The minimum absolute atomic E-state index is 0.128. The van der Waals surface area contributed by atoms with Gasteiger partial charge in [0.1, 0.15) is 11.5 Å². The number of rotatable bonds is 6. The first kappa shape index (κ1) is 17.2. The molecule has 25 heavy (non-hydrogen) atoms. The molecule has 0 bridgehead atoms. The Morgan fingerprint density at radius 2 is 1.88 bits per heavy atom. The smallest absolute Gasteiger partial charge is 0.234 e. The molecule has 130 valence electrons. The first-order valence-corrected chi connectivity index (χ1v) is 8.68. The summed E-state index contributed by atoms with van der Waals surface area (Å²) in [5.41, 5.74) is 3.66. The van der Waals surface area contributed by atoms with Crippen molar-refractivity contribution in [2.75, 3.05) is 25.3 Å². The van der Waals surface area contributed by atoms with Gasteiger partial charge in [0.15, 0.2) is 5.16 Å². The third-order valence-corrected chi connectivity index (χ3v) is 4.46. The maximum atomic E-state index is 12.2. The molecule has 0 radical (unpaired) electrons. The van der Waals surface area contributed by atoms with E-state index >= 15 is 0 Å². The average molecular weight is 357 g/mol. The van der Waals surface area contributed by atoms with Crippen molar-refractivity contribution >= 4 is 34.4 Å². The highest BCUT2D eigenvalue weighted by molar-refractivity contribution is 7.99. The van der Waals surface area contributed by atoms with Crippen molar-refractivity contribution in [2.45, 2.75) is 12.1 Å². The number of carbonyl (C=O) groups excluding carboxylic acids is 1. The molecule has 0 atom stereocenters. The second kappa shape index (κ2) is 7.48. The van der Waals surface area contributed by atoms with Crippen LogP contribution in [0.25, 0.3) is 11.0 Å². The number of aromatic amines is 1. The van der Waals surface area contributed by atoms with Gasteiger partial charge in [-0.15, -0.1) is 0 Å². The number of H-pyrrole nitrogens is 1. The fourth-order valence-corrected chi connectivity index (χ4v) is 3.06. The summed E-state index contributed by atoms with van der Waals surface area (Å²) < 4.78 is 10.4. The van der Waals surface area contributed by atoms with Crippen molar-refractivity contribution in [3.63, 3.8) is 0 Å². The van der Waals surface area contributed by atoms with Crippen LogP contribution in [0.3, 0.4) is 0 Å². The molecule has 1 aromatic heterocycles. The number of aryl methyl sites for hydroxylation is 1. The van der Waals surface area contributed by atoms with Crippen LogP contribution in [0, 0.1) is 6.92 Å². The van der Waals surface area contributed by atoms with E-state index in [9.17, 15) is 4.79 Å². The Bertz CT molecular complexity index is 885. The number of ether oxygens (including phenoxy) is 2. The van der Waals surface area contributed by atoms with Crippen molar-refractivity contribution in [1.82, 2.24) is 9.97 Å². The van der Waals surface area contributed by atoms with Gasteiger partial charge in [-0.3, -0.25) is 4.79 Å². The van der Waals surface area contributed by atoms with Gasteiger partial charge < -0.3 is 19.8 Å². The van der Waals surface area contributed by atoms with Gasteiger partial charge in [-0.05, 0) is 24.6 Å². The van der Waals surface area contributed by atoms with E-state index in [0.717, 1.165) is 21.8 Å². The van der Waals surface area contributed by atoms with E-state index in [0.29, 0.717) is 17.2 Å². The second-order valence-electron chi connectivity index (χ2n) is 5.50. The number of imidazole rings is 1. The van der Waals surface area contributed by atoms with Crippen LogP contribution in [-0.4, -0.2) is 35.8 Å². The Labute approximate surface area is 149 Å². The Morgan fingerprint density at radius 1 is 1.16 bits per heavy atom. The van der Waals surface area contributed by atoms with Crippen molar-refractivity contribution in [2.24, 2.45) is 0 Å². The van der Waals surface area contributed by atoms with Crippen molar-refractivity contribution in [3.8, 4) is 11.5 Å². The fraction of sp³-hybridized carbons (Fsp3) is 0.222. The second-order valence-corrected chi connectivity index (χ2v) is 6.46. The van der Waals surface area contributed by atoms with Gasteiger partial charge in [0.25, 0.3) is 0 Å². The molecule has 3 aromatic rings. The Balaban J connectivity index is 1.64. The lowest BCUT2D eigenvalue weighted by Gasteiger charge is -2.09. The number of hydrogen-bond donors (Lipinski definition) is 2. The molecule has 3 rings (SSSR count). The molecule has 0 saturated carbocycles. The van der Waals surface area contributed by atoms with Gasteiger partial charge in [0.05, 0.1) is 31.0 Å². The highest BCUT2D eigenvalue weighted by Gasteiger charge is 2.09. The lowest BCUT2D eigenvalue weighted by atomic mass is 10.2. The predicted molar refractivity (Wildman–Crippen MR) is 99.7 cm³/mol. The largest absolute Gasteiger partial charge is 0.497 e. The molecule has 0 saturated heterocycles. The van der Waals surface area contributed by atoms with Crippen molar-refractivity contribution < 1.29 is 14.3 Å². The van der Waals surface area contributed by atoms with E-state index in [-0.39, 0.29) is 11.7 Å². The molecular weight excluding hydrogens is 338 g/mol. The van der Waals surface area contributed by atoms with E-state index in [1.54, 1.807) is 32.4 Å². The summed E-state index contributed by atoms with van der Waals surface area (Å²) in [6.45, 7) is 2.03. The third kappa shape index (κ3) is 4.24.